The Morgan fingerprint density at radius 2 is 1.76 bits per heavy atom. The highest BCUT2D eigenvalue weighted by Gasteiger charge is 2.57. The summed E-state index contributed by atoms with van der Waals surface area (Å²) in [7, 11) is 3.21. The van der Waals surface area contributed by atoms with E-state index in [0.717, 1.165) is 25.2 Å². The number of likely N-dealkylation sites (tertiary alicyclic amines) is 1. The molecule has 178 valence electrons. The largest absolute Gasteiger partial charge is 0.497 e. The third-order valence-corrected chi connectivity index (χ3v) is 6.61. The molecule has 0 saturated carbocycles. The molecule has 2 saturated heterocycles. The molecule has 0 aromatic heterocycles. The summed E-state index contributed by atoms with van der Waals surface area (Å²) in [5.74, 6) is 6.62. The summed E-state index contributed by atoms with van der Waals surface area (Å²) in [6.45, 7) is 3.18. The number of methoxy groups -OCH3 is 2. The fraction of sp³-hybridized carbons (Fsp3) is 0.407. The minimum atomic E-state index is -0.819. The zero-order valence-corrected chi connectivity index (χ0v) is 19.8. The first kappa shape index (κ1) is 23.8. The van der Waals surface area contributed by atoms with Gasteiger partial charge in [0, 0.05) is 38.9 Å². The fourth-order valence-electron chi connectivity index (χ4n) is 4.74. The van der Waals surface area contributed by atoms with E-state index in [0.29, 0.717) is 31.7 Å². The van der Waals surface area contributed by atoms with Gasteiger partial charge in [0.05, 0.1) is 20.3 Å². The van der Waals surface area contributed by atoms with Gasteiger partial charge in [-0.05, 0) is 36.6 Å². The number of hydrogen-bond donors (Lipinski definition) is 0. The van der Waals surface area contributed by atoms with Gasteiger partial charge in [0.25, 0.3) is 5.91 Å². The molecule has 1 spiro atoms. The van der Waals surface area contributed by atoms with Gasteiger partial charge in [0.2, 0.25) is 0 Å². The molecule has 2 aliphatic heterocycles. The molecular formula is C27H31N3O4. The Kier molecular flexibility index (Phi) is 7.51. The van der Waals surface area contributed by atoms with Crippen LogP contribution in [0.1, 0.15) is 24.0 Å². The summed E-state index contributed by atoms with van der Waals surface area (Å²) in [6.07, 6.45) is 1.21. The molecule has 0 unspecified atom stereocenters. The first-order valence-corrected chi connectivity index (χ1v) is 11.6. The van der Waals surface area contributed by atoms with Crippen molar-refractivity contribution in [1.82, 2.24) is 14.7 Å². The predicted octanol–water partition coefficient (Wildman–Crippen LogP) is 2.99. The second-order valence-electron chi connectivity index (χ2n) is 8.65. The Morgan fingerprint density at radius 3 is 2.47 bits per heavy atom. The highest BCUT2D eigenvalue weighted by Crippen LogP contribution is 2.37. The molecule has 0 bridgehead atoms. The van der Waals surface area contributed by atoms with Crippen LogP contribution in [-0.4, -0.2) is 79.2 Å². The Bertz CT molecular complexity index is 1070. The molecule has 2 aromatic carbocycles. The van der Waals surface area contributed by atoms with Crippen molar-refractivity contribution in [1.29, 1.82) is 0 Å². The van der Waals surface area contributed by atoms with E-state index in [1.807, 2.05) is 42.5 Å². The molecule has 4 rings (SSSR count). The maximum atomic E-state index is 13.6. The van der Waals surface area contributed by atoms with Gasteiger partial charge in [-0.3, -0.25) is 14.6 Å². The van der Waals surface area contributed by atoms with Gasteiger partial charge in [0.1, 0.15) is 11.3 Å². The lowest BCUT2D eigenvalue weighted by molar-refractivity contribution is -0.135. The number of imide groups is 1. The van der Waals surface area contributed by atoms with Gasteiger partial charge < -0.3 is 14.4 Å². The van der Waals surface area contributed by atoms with Gasteiger partial charge in [-0.1, -0.05) is 48.2 Å². The molecule has 2 heterocycles. The second kappa shape index (κ2) is 10.7. The smallest absolute Gasteiger partial charge is 0.328 e. The third-order valence-electron chi connectivity index (χ3n) is 6.61. The zero-order valence-electron chi connectivity index (χ0n) is 19.8. The van der Waals surface area contributed by atoms with Crippen LogP contribution < -0.4 is 4.74 Å². The van der Waals surface area contributed by atoms with Crippen LogP contribution in [0.15, 0.2) is 54.6 Å². The topological polar surface area (TPSA) is 62.3 Å². The van der Waals surface area contributed by atoms with E-state index in [1.165, 1.54) is 10.5 Å². The minimum absolute atomic E-state index is 0.0633. The zero-order chi connectivity index (χ0) is 24.0. The molecule has 0 aliphatic carbocycles. The van der Waals surface area contributed by atoms with Crippen LogP contribution in [0.3, 0.4) is 0 Å². The molecule has 2 aromatic rings. The second-order valence-corrected chi connectivity index (χ2v) is 8.65. The molecule has 7 heteroatoms. The summed E-state index contributed by atoms with van der Waals surface area (Å²) in [5, 5.41) is 0. The summed E-state index contributed by atoms with van der Waals surface area (Å²) in [4.78, 5) is 32.2. The average molecular weight is 462 g/mol. The number of nitrogens with zero attached hydrogens (tertiary/aromatic N) is 3. The van der Waals surface area contributed by atoms with E-state index in [4.69, 9.17) is 9.47 Å². The highest BCUT2D eigenvalue weighted by molar-refractivity contribution is 6.07. The van der Waals surface area contributed by atoms with E-state index in [2.05, 4.69) is 28.9 Å². The van der Waals surface area contributed by atoms with Crippen molar-refractivity contribution < 1.29 is 19.1 Å². The molecule has 0 N–H and O–H groups in total. The van der Waals surface area contributed by atoms with Crippen molar-refractivity contribution in [2.75, 3.05) is 47.0 Å². The average Bonchev–Trinajstić information content (AvgIpc) is 3.05. The Morgan fingerprint density at radius 1 is 1.00 bits per heavy atom. The number of piperidine rings is 1. The van der Waals surface area contributed by atoms with Crippen molar-refractivity contribution >= 4 is 11.9 Å². The van der Waals surface area contributed by atoms with Crippen LogP contribution in [0.25, 0.3) is 0 Å². The number of carbonyl (C=O) groups excluding carboxylic acids is 2. The summed E-state index contributed by atoms with van der Waals surface area (Å²) in [5.41, 5.74) is 1.21. The standard InChI is InChI=1S/C27H31N3O4/c1-33-19-18-30-26(32)29(15-7-11-22-10-6-12-24(20-22)34-2)25(31)27(30)13-16-28(17-14-27)21-23-8-4-3-5-9-23/h3-6,8-10,12,20H,13-19,21H2,1-2H3. The Hall–Kier alpha value is -3.34. The van der Waals surface area contributed by atoms with E-state index < -0.39 is 5.54 Å². The van der Waals surface area contributed by atoms with Crippen LogP contribution in [0.2, 0.25) is 0 Å². The number of amides is 3. The third kappa shape index (κ3) is 4.93. The number of hydrogen-bond acceptors (Lipinski definition) is 5. The molecule has 7 nitrogen and oxygen atoms in total. The van der Waals surface area contributed by atoms with Crippen LogP contribution in [0.5, 0.6) is 5.75 Å². The fourth-order valence-corrected chi connectivity index (χ4v) is 4.74. The monoisotopic (exact) mass is 461 g/mol. The molecule has 2 aliphatic rings. The van der Waals surface area contributed by atoms with Gasteiger partial charge in [-0.15, -0.1) is 0 Å². The van der Waals surface area contributed by atoms with E-state index in [1.54, 1.807) is 19.1 Å². The number of rotatable bonds is 7. The molecule has 0 radical (unpaired) electrons. The molecule has 34 heavy (non-hydrogen) atoms. The van der Waals surface area contributed by atoms with Crippen LogP contribution >= 0.6 is 0 Å². The lowest BCUT2D eigenvalue weighted by atomic mass is 9.85. The minimum Gasteiger partial charge on any atom is -0.497 e. The van der Waals surface area contributed by atoms with E-state index in [-0.39, 0.29) is 18.5 Å². The molecule has 3 amide bonds. The van der Waals surface area contributed by atoms with Crippen molar-refractivity contribution in [2.45, 2.75) is 24.9 Å². The maximum Gasteiger partial charge on any atom is 0.328 e. The van der Waals surface area contributed by atoms with Crippen molar-refractivity contribution in [2.24, 2.45) is 0 Å². The maximum absolute atomic E-state index is 13.6. The number of carbonyl (C=O) groups is 2. The summed E-state index contributed by atoms with van der Waals surface area (Å²) in [6, 6.07) is 17.4. The van der Waals surface area contributed by atoms with Gasteiger partial charge in [-0.25, -0.2) is 4.79 Å². The summed E-state index contributed by atoms with van der Waals surface area (Å²) >= 11 is 0. The van der Waals surface area contributed by atoms with Crippen LogP contribution in [0, 0.1) is 11.8 Å². The Balaban J connectivity index is 1.48. The number of urea groups is 1. The van der Waals surface area contributed by atoms with Crippen LogP contribution in [0.4, 0.5) is 4.79 Å². The summed E-state index contributed by atoms with van der Waals surface area (Å²) < 4.78 is 10.5. The van der Waals surface area contributed by atoms with Crippen molar-refractivity contribution in [3.63, 3.8) is 0 Å². The molecule has 2 fully saturated rings. The first-order chi connectivity index (χ1) is 16.6. The lowest BCUT2D eigenvalue weighted by Crippen LogP contribution is -2.57. The first-order valence-electron chi connectivity index (χ1n) is 11.6. The Labute approximate surface area is 201 Å². The van der Waals surface area contributed by atoms with E-state index in [9.17, 15) is 9.59 Å². The van der Waals surface area contributed by atoms with Crippen molar-refractivity contribution in [3.05, 3.63) is 65.7 Å². The quantitative estimate of drug-likeness (QED) is 0.469. The van der Waals surface area contributed by atoms with Gasteiger partial charge >= 0.3 is 6.03 Å². The normalized spacial score (nSPS) is 17.7. The number of benzene rings is 2. The van der Waals surface area contributed by atoms with E-state index >= 15 is 0 Å². The van der Waals surface area contributed by atoms with Crippen molar-refractivity contribution in [3.8, 4) is 17.6 Å². The van der Waals surface area contributed by atoms with Crippen LogP contribution in [-0.2, 0) is 16.1 Å². The lowest BCUT2D eigenvalue weighted by Gasteiger charge is -2.42. The van der Waals surface area contributed by atoms with Gasteiger partial charge in [-0.2, -0.15) is 0 Å². The van der Waals surface area contributed by atoms with Gasteiger partial charge in [0.15, 0.2) is 0 Å². The number of ether oxygens (including phenoxy) is 2. The molecule has 0 atom stereocenters. The highest BCUT2D eigenvalue weighted by atomic mass is 16.5. The predicted molar refractivity (Wildman–Crippen MR) is 129 cm³/mol. The SMILES string of the molecule is COCCN1C(=O)N(CC#Cc2cccc(OC)c2)C(=O)C12CCN(Cc1ccccc1)CC2. The molecular weight excluding hydrogens is 430 g/mol.